The van der Waals surface area contributed by atoms with Gasteiger partial charge in [0, 0.05) is 37.4 Å². The summed E-state index contributed by atoms with van der Waals surface area (Å²) in [5.41, 5.74) is 1.58. The van der Waals surface area contributed by atoms with E-state index in [0.29, 0.717) is 18.7 Å². The molecule has 2 aromatic rings. The molecule has 100 valence electrons. The first-order valence-corrected chi connectivity index (χ1v) is 6.40. The molecule has 0 aliphatic carbocycles. The normalized spacial score (nSPS) is 22.8. The maximum atomic E-state index is 12.4. The van der Waals surface area contributed by atoms with Crippen molar-refractivity contribution in [1.82, 2.24) is 15.2 Å². The lowest BCUT2D eigenvalue weighted by molar-refractivity contribution is 0.0581. The number of carbonyl (C=O) groups is 1. The summed E-state index contributed by atoms with van der Waals surface area (Å²) in [6.07, 6.45) is 1.36. The SMILES string of the molecule is CN(C(=O)c1ccc2cc[nH]c2c1)[C@@H]1CNC[C@H]1O. The van der Waals surface area contributed by atoms with Crippen molar-refractivity contribution in [3.05, 3.63) is 36.0 Å². The number of fused-ring (bicyclic) bond motifs is 1. The molecule has 19 heavy (non-hydrogen) atoms. The number of aliphatic hydroxyl groups excluding tert-OH is 1. The van der Waals surface area contributed by atoms with Gasteiger partial charge in [0.05, 0.1) is 12.1 Å². The van der Waals surface area contributed by atoms with Crippen molar-refractivity contribution >= 4 is 16.8 Å². The number of amides is 1. The van der Waals surface area contributed by atoms with Crippen molar-refractivity contribution in [2.75, 3.05) is 20.1 Å². The molecule has 5 heteroatoms. The number of aromatic nitrogens is 1. The Hall–Kier alpha value is -1.85. The molecule has 0 spiro atoms. The van der Waals surface area contributed by atoms with Crippen LogP contribution in [0.4, 0.5) is 0 Å². The van der Waals surface area contributed by atoms with Crippen molar-refractivity contribution in [1.29, 1.82) is 0 Å². The molecular weight excluding hydrogens is 242 g/mol. The van der Waals surface area contributed by atoms with Gasteiger partial charge in [-0.2, -0.15) is 0 Å². The van der Waals surface area contributed by atoms with E-state index in [1.54, 1.807) is 11.9 Å². The minimum Gasteiger partial charge on any atom is -0.390 e. The maximum absolute atomic E-state index is 12.4. The number of benzene rings is 1. The molecule has 1 fully saturated rings. The van der Waals surface area contributed by atoms with Gasteiger partial charge in [0.1, 0.15) is 0 Å². The second-order valence-corrected chi connectivity index (χ2v) is 4.99. The van der Waals surface area contributed by atoms with Crippen molar-refractivity contribution < 1.29 is 9.90 Å². The number of H-pyrrole nitrogens is 1. The minimum atomic E-state index is -0.497. The van der Waals surface area contributed by atoms with Crippen molar-refractivity contribution in [2.24, 2.45) is 0 Å². The van der Waals surface area contributed by atoms with E-state index in [2.05, 4.69) is 10.3 Å². The third kappa shape index (κ3) is 2.11. The molecule has 1 aromatic heterocycles. The summed E-state index contributed by atoms with van der Waals surface area (Å²) in [4.78, 5) is 17.1. The second kappa shape index (κ2) is 4.68. The molecule has 2 heterocycles. The Morgan fingerprint density at radius 1 is 1.37 bits per heavy atom. The molecule has 1 amide bonds. The number of nitrogens with zero attached hydrogens (tertiary/aromatic N) is 1. The van der Waals surface area contributed by atoms with Gasteiger partial charge in [-0.3, -0.25) is 4.79 Å². The summed E-state index contributed by atoms with van der Waals surface area (Å²) in [5, 5.41) is 14.0. The molecule has 1 aliphatic heterocycles. The summed E-state index contributed by atoms with van der Waals surface area (Å²) in [6, 6.07) is 7.41. The fraction of sp³-hybridized carbons (Fsp3) is 0.357. The van der Waals surface area contributed by atoms with Crippen LogP contribution in [0.15, 0.2) is 30.5 Å². The van der Waals surface area contributed by atoms with Crippen LogP contribution < -0.4 is 5.32 Å². The first kappa shape index (κ1) is 12.2. The van der Waals surface area contributed by atoms with Crippen LogP contribution in [0.2, 0.25) is 0 Å². The van der Waals surface area contributed by atoms with Gasteiger partial charge in [-0.05, 0) is 23.6 Å². The van der Waals surface area contributed by atoms with E-state index in [9.17, 15) is 9.90 Å². The molecule has 0 radical (unpaired) electrons. The Morgan fingerprint density at radius 2 is 2.21 bits per heavy atom. The lowest BCUT2D eigenvalue weighted by Gasteiger charge is -2.26. The number of rotatable bonds is 2. The maximum Gasteiger partial charge on any atom is 0.254 e. The van der Waals surface area contributed by atoms with Crippen molar-refractivity contribution in [3.63, 3.8) is 0 Å². The molecular formula is C14H17N3O2. The van der Waals surface area contributed by atoms with Crippen molar-refractivity contribution in [2.45, 2.75) is 12.1 Å². The number of β-amino-alcohol motifs (C(OH)–C–C–N with tert-alkyl or cyclic N) is 1. The first-order valence-electron chi connectivity index (χ1n) is 6.40. The quantitative estimate of drug-likeness (QED) is 0.738. The standard InChI is InChI=1S/C14H17N3O2/c1-17(12-7-15-8-13(12)18)14(19)10-3-2-9-4-5-16-11(9)6-10/h2-6,12-13,15-16,18H,7-8H2,1H3/t12-,13-/m1/s1. The van der Waals surface area contributed by atoms with Crippen LogP contribution in [0.3, 0.4) is 0 Å². The van der Waals surface area contributed by atoms with Gasteiger partial charge in [-0.15, -0.1) is 0 Å². The van der Waals surface area contributed by atoms with Gasteiger partial charge in [0.15, 0.2) is 0 Å². The van der Waals surface area contributed by atoms with E-state index in [0.717, 1.165) is 10.9 Å². The van der Waals surface area contributed by atoms with Gasteiger partial charge in [-0.25, -0.2) is 0 Å². The fourth-order valence-corrected chi connectivity index (χ4v) is 2.58. The Bertz CT molecular complexity index is 608. The van der Waals surface area contributed by atoms with E-state index in [4.69, 9.17) is 0 Å². The summed E-state index contributed by atoms with van der Waals surface area (Å²) in [7, 11) is 1.74. The van der Waals surface area contributed by atoms with Gasteiger partial charge in [0.25, 0.3) is 5.91 Å². The molecule has 0 bridgehead atoms. The largest absolute Gasteiger partial charge is 0.390 e. The molecule has 1 saturated heterocycles. The molecule has 1 aromatic carbocycles. The molecule has 2 atom stereocenters. The number of aromatic amines is 1. The number of hydrogen-bond donors (Lipinski definition) is 3. The Balaban J connectivity index is 1.86. The zero-order chi connectivity index (χ0) is 13.4. The molecule has 3 rings (SSSR count). The van der Waals surface area contributed by atoms with E-state index < -0.39 is 6.10 Å². The lowest BCUT2D eigenvalue weighted by atomic mass is 10.1. The van der Waals surface area contributed by atoms with E-state index >= 15 is 0 Å². The highest BCUT2D eigenvalue weighted by Crippen LogP contribution is 2.17. The smallest absolute Gasteiger partial charge is 0.254 e. The van der Waals surface area contributed by atoms with Crippen LogP contribution in [0.1, 0.15) is 10.4 Å². The predicted octanol–water partition coefficient (Wildman–Crippen LogP) is 0.573. The van der Waals surface area contributed by atoms with Crippen LogP contribution in [0.25, 0.3) is 10.9 Å². The number of likely N-dealkylation sites (N-methyl/N-ethyl adjacent to an activating group) is 1. The average Bonchev–Trinajstić information content (AvgIpc) is 3.04. The minimum absolute atomic E-state index is 0.0655. The van der Waals surface area contributed by atoms with Crippen LogP contribution in [-0.4, -0.2) is 53.2 Å². The number of nitrogens with one attached hydrogen (secondary N) is 2. The average molecular weight is 259 g/mol. The predicted molar refractivity (Wildman–Crippen MR) is 73.1 cm³/mol. The highest BCUT2D eigenvalue weighted by atomic mass is 16.3. The second-order valence-electron chi connectivity index (χ2n) is 4.99. The van der Waals surface area contributed by atoms with Crippen molar-refractivity contribution in [3.8, 4) is 0 Å². The number of aliphatic hydroxyl groups is 1. The summed E-state index contributed by atoms with van der Waals surface area (Å²) < 4.78 is 0. The van der Waals surface area contributed by atoms with Gasteiger partial charge >= 0.3 is 0 Å². The van der Waals surface area contributed by atoms with Crippen LogP contribution >= 0.6 is 0 Å². The number of carbonyl (C=O) groups excluding carboxylic acids is 1. The van der Waals surface area contributed by atoms with E-state index in [1.807, 2.05) is 30.5 Å². The Morgan fingerprint density at radius 3 is 2.95 bits per heavy atom. The molecule has 3 N–H and O–H groups in total. The Kier molecular flexibility index (Phi) is 3.00. The third-order valence-corrected chi connectivity index (χ3v) is 3.77. The lowest BCUT2D eigenvalue weighted by Crippen LogP contribution is -2.44. The summed E-state index contributed by atoms with van der Waals surface area (Å²) in [5.74, 6) is -0.0655. The van der Waals surface area contributed by atoms with E-state index in [-0.39, 0.29) is 11.9 Å². The van der Waals surface area contributed by atoms with Crippen LogP contribution in [0.5, 0.6) is 0 Å². The van der Waals surface area contributed by atoms with Crippen LogP contribution in [-0.2, 0) is 0 Å². The van der Waals surface area contributed by atoms with Gasteiger partial charge in [0.2, 0.25) is 0 Å². The number of hydrogen-bond acceptors (Lipinski definition) is 3. The third-order valence-electron chi connectivity index (χ3n) is 3.77. The molecule has 0 unspecified atom stereocenters. The zero-order valence-electron chi connectivity index (χ0n) is 10.8. The highest BCUT2D eigenvalue weighted by molar-refractivity contribution is 5.98. The molecule has 5 nitrogen and oxygen atoms in total. The summed E-state index contributed by atoms with van der Waals surface area (Å²) in [6.45, 7) is 1.17. The Labute approximate surface area is 111 Å². The topological polar surface area (TPSA) is 68.4 Å². The van der Waals surface area contributed by atoms with Crippen LogP contribution in [0, 0.1) is 0 Å². The summed E-state index contributed by atoms with van der Waals surface area (Å²) >= 11 is 0. The highest BCUT2D eigenvalue weighted by Gasteiger charge is 2.31. The molecule has 1 aliphatic rings. The fourth-order valence-electron chi connectivity index (χ4n) is 2.58. The monoisotopic (exact) mass is 259 g/mol. The van der Waals surface area contributed by atoms with E-state index in [1.165, 1.54) is 0 Å². The van der Waals surface area contributed by atoms with Gasteiger partial charge < -0.3 is 20.3 Å². The zero-order valence-corrected chi connectivity index (χ0v) is 10.8. The first-order chi connectivity index (χ1) is 9.16. The molecule has 0 saturated carbocycles. The van der Waals surface area contributed by atoms with Gasteiger partial charge in [-0.1, -0.05) is 6.07 Å².